The van der Waals surface area contributed by atoms with Crippen LogP contribution in [0, 0.1) is 0 Å². The van der Waals surface area contributed by atoms with Crippen molar-refractivity contribution in [2.45, 2.75) is 17.7 Å². The van der Waals surface area contributed by atoms with Crippen molar-refractivity contribution in [3.63, 3.8) is 0 Å². The minimum atomic E-state index is -0.237. The van der Waals surface area contributed by atoms with E-state index in [1.165, 1.54) is 16.2 Å². The molecule has 3 amide bonds. The first-order valence-corrected chi connectivity index (χ1v) is 13.6. The number of para-hydroxylation sites is 1. The molecule has 3 heterocycles. The number of benzene rings is 2. The summed E-state index contributed by atoms with van der Waals surface area (Å²) in [6.07, 6.45) is 2.42. The lowest BCUT2D eigenvalue weighted by atomic mass is 10.1. The zero-order chi connectivity index (χ0) is 24.4. The molecule has 182 valence electrons. The van der Waals surface area contributed by atoms with E-state index in [4.69, 9.17) is 9.72 Å². The Kier molecular flexibility index (Phi) is 7.14. The standard InChI is InChI=1S/C25H26N4O4S2/c1-34-19-6-3-7-20-23(19)26-25(35-20)28(11-10-27-12-14-33-15-13-27)24(32)17-4-2-5-18(16-17)29-21(30)8-9-22(29)31/h2-7,16H,8-15H2,1H3. The van der Waals surface area contributed by atoms with Crippen molar-refractivity contribution in [1.82, 2.24) is 9.88 Å². The molecule has 10 heteroatoms. The van der Waals surface area contributed by atoms with Crippen molar-refractivity contribution in [2.75, 3.05) is 55.4 Å². The Balaban J connectivity index is 1.48. The molecular weight excluding hydrogens is 484 g/mol. The van der Waals surface area contributed by atoms with Gasteiger partial charge in [0.2, 0.25) is 11.8 Å². The van der Waals surface area contributed by atoms with E-state index in [0.717, 1.165) is 28.2 Å². The molecule has 0 unspecified atom stereocenters. The summed E-state index contributed by atoms with van der Waals surface area (Å²) in [6, 6.07) is 12.8. The number of carbonyl (C=O) groups is 3. The number of morpholine rings is 1. The van der Waals surface area contributed by atoms with Gasteiger partial charge in [0.15, 0.2) is 5.13 Å². The average molecular weight is 511 g/mol. The number of carbonyl (C=O) groups excluding carboxylic acids is 3. The van der Waals surface area contributed by atoms with E-state index < -0.39 is 0 Å². The number of imide groups is 1. The van der Waals surface area contributed by atoms with E-state index >= 15 is 0 Å². The number of hydrogen-bond acceptors (Lipinski definition) is 8. The summed E-state index contributed by atoms with van der Waals surface area (Å²) in [5, 5.41) is 0.637. The molecule has 0 saturated carbocycles. The van der Waals surface area contributed by atoms with Gasteiger partial charge in [0.25, 0.3) is 5.91 Å². The van der Waals surface area contributed by atoms with Gasteiger partial charge < -0.3 is 4.74 Å². The van der Waals surface area contributed by atoms with Crippen molar-refractivity contribution < 1.29 is 19.1 Å². The Morgan fingerprint density at radius 2 is 1.86 bits per heavy atom. The van der Waals surface area contributed by atoms with E-state index in [9.17, 15) is 14.4 Å². The number of hydrogen-bond donors (Lipinski definition) is 0. The first-order valence-electron chi connectivity index (χ1n) is 11.6. The van der Waals surface area contributed by atoms with Crippen LogP contribution in [0.3, 0.4) is 0 Å². The van der Waals surface area contributed by atoms with Gasteiger partial charge in [-0.25, -0.2) is 4.98 Å². The summed E-state index contributed by atoms with van der Waals surface area (Å²) < 4.78 is 6.48. The molecule has 35 heavy (non-hydrogen) atoms. The van der Waals surface area contributed by atoms with Crippen LogP contribution in [-0.4, -0.2) is 73.3 Å². The first kappa shape index (κ1) is 23.9. The minimum Gasteiger partial charge on any atom is -0.379 e. The van der Waals surface area contributed by atoms with E-state index in [-0.39, 0.29) is 30.6 Å². The van der Waals surface area contributed by atoms with Crippen LogP contribution in [-0.2, 0) is 14.3 Å². The van der Waals surface area contributed by atoms with Gasteiger partial charge in [0.1, 0.15) is 0 Å². The molecule has 2 saturated heterocycles. The minimum absolute atomic E-state index is 0.201. The smallest absolute Gasteiger partial charge is 0.260 e. The SMILES string of the molecule is CSc1cccc2sc(N(CCN3CCOCC3)C(=O)c3cccc(N4C(=O)CCC4=O)c3)nc12. The third kappa shape index (κ3) is 4.97. The topological polar surface area (TPSA) is 83.0 Å². The van der Waals surface area contributed by atoms with Gasteiger partial charge in [-0.05, 0) is 36.6 Å². The third-order valence-electron chi connectivity index (χ3n) is 6.21. The number of nitrogens with zero attached hydrogens (tertiary/aromatic N) is 4. The van der Waals surface area contributed by atoms with Crippen molar-refractivity contribution in [3.8, 4) is 0 Å². The summed E-state index contributed by atoms with van der Waals surface area (Å²) in [5.41, 5.74) is 1.75. The zero-order valence-corrected chi connectivity index (χ0v) is 21.1. The normalized spacial score (nSPS) is 16.9. The van der Waals surface area contributed by atoms with E-state index in [1.807, 2.05) is 24.5 Å². The maximum atomic E-state index is 13.8. The van der Waals surface area contributed by atoms with Crippen molar-refractivity contribution in [3.05, 3.63) is 48.0 Å². The highest BCUT2D eigenvalue weighted by molar-refractivity contribution is 7.98. The molecule has 0 radical (unpaired) electrons. The van der Waals surface area contributed by atoms with E-state index in [1.54, 1.807) is 40.9 Å². The van der Waals surface area contributed by atoms with Crippen molar-refractivity contribution in [1.29, 1.82) is 0 Å². The van der Waals surface area contributed by atoms with Crippen LogP contribution < -0.4 is 9.80 Å². The number of ether oxygens (including phenoxy) is 1. The molecule has 5 rings (SSSR count). The lowest BCUT2D eigenvalue weighted by molar-refractivity contribution is -0.121. The third-order valence-corrected chi connectivity index (χ3v) is 8.03. The number of thiazole rings is 1. The van der Waals surface area contributed by atoms with Crippen LogP contribution in [0.2, 0.25) is 0 Å². The van der Waals surface area contributed by atoms with E-state index in [2.05, 4.69) is 4.90 Å². The predicted molar refractivity (Wildman–Crippen MR) is 139 cm³/mol. The van der Waals surface area contributed by atoms with Gasteiger partial charge in [-0.3, -0.25) is 29.1 Å². The second-order valence-corrected chi connectivity index (χ2v) is 10.2. The fourth-order valence-corrected chi connectivity index (χ4v) is 5.99. The maximum Gasteiger partial charge on any atom is 0.260 e. The summed E-state index contributed by atoms with van der Waals surface area (Å²) in [5.74, 6) is -0.678. The highest BCUT2D eigenvalue weighted by Crippen LogP contribution is 2.35. The molecule has 2 aromatic carbocycles. The summed E-state index contributed by atoms with van der Waals surface area (Å²) >= 11 is 3.12. The molecule has 1 aromatic heterocycles. The maximum absolute atomic E-state index is 13.8. The predicted octanol–water partition coefficient (Wildman–Crippen LogP) is 3.65. The van der Waals surface area contributed by atoms with Gasteiger partial charge in [-0.15, -0.1) is 11.8 Å². The number of fused-ring (bicyclic) bond motifs is 1. The molecule has 0 N–H and O–H groups in total. The fraction of sp³-hybridized carbons (Fsp3) is 0.360. The Morgan fingerprint density at radius 1 is 1.11 bits per heavy atom. The van der Waals surface area contributed by atoms with Crippen LogP contribution in [0.15, 0.2) is 47.4 Å². The van der Waals surface area contributed by atoms with Gasteiger partial charge in [-0.2, -0.15) is 0 Å². The van der Waals surface area contributed by atoms with Crippen molar-refractivity contribution in [2.24, 2.45) is 0 Å². The summed E-state index contributed by atoms with van der Waals surface area (Å²) in [7, 11) is 0. The molecule has 0 spiro atoms. The van der Waals surface area contributed by atoms with Gasteiger partial charge >= 0.3 is 0 Å². The van der Waals surface area contributed by atoms with Crippen LogP contribution >= 0.6 is 23.1 Å². The van der Waals surface area contributed by atoms with Crippen LogP contribution in [0.25, 0.3) is 10.2 Å². The number of anilines is 2. The zero-order valence-electron chi connectivity index (χ0n) is 19.4. The summed E-state index contributed by atoms with van der Waals surface area (Å²) in [4.78, 5) is 49.4. The molecule has 0 aliphatic carbocycles. The number of aromatic nitrogens is 1. The molecular formula is C25H26N4O4S2. The monoisotopic (exact) mass is 510 g/mol. The highest BCUT2D eigenvalue weighted by atomic mass is 32.2. The highest BCUT2D eigenvalue weighted by Gasteiger charge is 2.31. The molecule has 0 atom stereocenters. The Bertz CT molecular complexity index is 1260. The van der Waals surface area contributed by atoms with Crippen molar-refractivity contribution >= 4 is 61.9 Å². The lowest BCUT2D eigenvalue weighted by Crippen LogP contribution is -2.43. The number of rotatable bonds is 7. The van der Waals surface area contributed by atoms with Crippen LogP contribution in [0.1, 0.15) is 23.2 Å². The quantitative estimate of drug-likeness (QED) is 0.354. The molecule has 8 nitrogen and oxygen atoms in total. The lowest BCUT2D eigenvalue weighted by Gasteiger charge is -2.29. The molecule has 2 aliphatic rings. The first-order chi connectivity index (χ1) is 17.0. The molecule has 2 aliphatic heterocycles. The summed E-state index contributed by atoms with van der Waals surface area (Å²) in [6.45, 7) is 4.20. The number of thioether (sulfide) groups is 1. The van der Waals surface area contributed by atoms with Crippen LogP contribution in [0.4, 0.5) is 10.8 Å². The average Bonchev–Trinajstić information content (AvgIpc) is 3.47. The Hall–Kier alpha value is -2.79. The van der Waals surface area contributed by atoms with Gasteiger partial charge in [0, 0.05) is 49.5 Å². The largest absolute Gasteiger partial charge is 0.379 e. The van der Waals surface area contributed by atoms with Crippen LogP contribution in [0.5, 0.6) is 0 Å². The number of amides is 3. The van der Waals surface area contributed by atoms with E-state index in [0.29, 0.717) is 42.7 Å². The fourth-order valence-electron chi connectivity index (χ4n) is 4.34. The molecule has 3 aromatic rings. The second kappa shape index (κ2) is 10.4. The molecule has 0 bridgehead atoms. The Morgan fingerprint density at radius 3 is 2.60 bits per heavy atom. The second-order valence-electron chi connectivity index (χ2n) is 8.39. The van der Waals surface area contributed by atoms with Gasteiger partial charge in [-0.1, -0.05) is 23.5 Å². The van der Waals surface area contributed by atoms with Gasteiger partial charge in [0.05, 0.1) is 29.1 Å². The Labute approximate surface area is 211 Å². The molecule has 2 fully saturated rings.